The molecule has 0 fully saturated rings. The van der Waals surface area contributed by atoms with Gasteiger partial charge in [0.15, 0.2) is 5.01 Å². The maximum absolute atomic E-state index is 11.8. The highest BCUT2D eigenvalue weighted by Gasteiger charge is 2.16. The molecule has 0 radical (unpaired) electrons. The van der Waals surface area contributed by atoms with E-state index in [9.17, 15) is 4.79 Å². The zero-order chi connectivity index (χ0) is 13.7. The SMILES string of the molecule is COCCC(=O)N(C)c1nnc(-c2cccnc2)s1. The lowest BCUT2D eigenvalue weighted by molar-refractivity contribution is -0.119. The summed E-state index contributed by atoms with van der Waals surface area (Å²) in [4.78, 5) is 17.3. The van der Waals surface area contributed by atoms with E-state index in [1.165, 1.54) is 16.2 Å². The molecule has 0 aromatic carbocycles. The summed E-state index contributed by atoms with van der Waals surface area (Å²) in [6.45, 7) is 0.400. The summed E-state index contributed by atoms with van der Waals surface area (Å²) >= 11 is 1.36. The van der Waals surface area contributed by atoms with Crippen molar-refractivity contribution < 1.29 is 9.53 Å². The van der Waals surface area contributed by atoms with E-state index in [0.717, 1.165) is 10.6 Å². The number of anilines is 1. The molecule has 0 aliphatic rings. The molecule has 0 spiro atoms. The largest absolute Gasteiger partial charge is 0.384 e. The fourth-order valence-electron chi connectivity index (χ4n) is 1.42. The van der Waals surface area contributed by atoms with Gasteiger partial charge < -0.3 is 4.74 Å². The van der Waals surface area contributed by atoms with Crippen LogP contribution < -0.4 is 4.90 Å². The van der Waals surface area contributed by atoms with Crippen molar-refractivity contribution in [1.82, 2.24) is 15.2 Å². The third-order valence-electron chi connectivity index (χ3n) is 2.50. The van der Waals surface area contributed by atoms with Crippen molar-refractivity contribution in [3.8, 4) is 10.6 Å². The van der Waals surface area contributed by atoms with Gasteiger partial charge in [0.1, 0.15) is 0 Å². The molecule has 2 aromatic heterocycles. The molecule has 2 heterocycles. The Balaban J connectivity index is 2.11. The Morgan fingerprint density at radius 2 is 2.32 bits per heavy atom. The molecule has 0 aliphatic heterocycles. The van der Waals surface area contributed by atoms with Gasteiger partial charge in [-0.2, -0.15) is 0 Å². The van der Waals surface area contributed by atoms with Crippen LogP contribution in [0.15, 0.2) is 24.5 Å². The Kier molecular flexibility index (Phi) is 4.53. The first-order valence-corrected chi connectivity index (χ1v) is 6.53. The molecule has 2 rings (SSSR count). The molecule has 7 heteroatoms. The van der Waals surface area contributed by atoms with Crippen molar-refractivity contribution >= 4 is 22.4 Å². The molecule has 0 bridgehead atoms. The third kappa shape index (κ3) is 3.33. The van der Waals surface area contributed by atoms with Crippen LogP contribution in [-0.2, 0) is 9.53 Å². The standard InChI is InChI=1S/C12H14N4O2S/c1-16(10(17)5-7-18-2)12-15-14-11(19-12)9-4-3-6-13-8-9/h3-4,6,8H,5,7H2,1-2H3. The van der Waals surface area contributed by atoms with Crippen molar-refractivity contribution in [2.24, 2.45) is 0 Å². The molecular weight excluding hydrogens is 264 g/mol. The number of carbonyl (C=O) groups excluding carboxylic acids is 1. The van der Waals surface area contributed by atoms with E-state index in [-0.39, 0.29) is 5.91 Å². The normalized spacial score (nSPS) is 10.4. The predicted octanol–water partition coefficient (Wildman–Crippen LogP) is 1.60. The minimum absolute atomic E-state index is 0.0456. The van der Waals surface area contributed by atoms with Crippen LogP contribution in [0.4, 0.5) is 5.13 Å². The number of methoxy groups -OCH3 is 1. The average Bonchev–Trinajstić information content (AvgIpc) is 2.94. The lowest BCUT2D eigenvalue weighted by atomic mass is 10.3. The molecule has 0 N–H and O–H groups in total. The molecule has 0 unspecified atom stereocenters. The molecule has 6 nitrogen and oxygen atoms in total. The summed E-state index contributed by atoms with van der Waals surface area (Å²) in [7, 11) is 3.25. The zero-order valence-electron chi connectivity index (χ0n) is 10.7. The van der Waals surface area contributed by atoms with Crippen molar-refractivity contribution in [3.05, 3.63) is 24.5 Å². The number of aromatic nitrogens is 3. The number of hydrogen-bond donors (Lipinski definition) is 0. The van der Waals surface area contributed by atoms with Crippen LogP contribution in [0.25, 0.3) is 10.6 Å². The maximum atomic E-state index is 11.8. The number of carbonyl (C=O) groups is 1. The van der Waals surface area contributed by atoms with Crippen molar-refractivity contribution in [2.45, 2.75) is 6.42 Å². The van der Waals surface area contributed by atoms with Gasteiger partial charge in [-0.3, -0.25) is 14.7 Å². The number of hydrogen-bond acceptors (Lipinski definition) is 6. The van der Waals surface area contributed by atoms with Gasteiger partial charge in [0, 0.05) is 32.1 Å². The van der Waals surface area contributed by atoms with Crippen molar-refractivity contribution in [2.75, 3.05) is 25.7 Å². The number of amides is 1. The Labute approximate surface area is 115 Å². The topological polar surface area (TPSA) is 68.2 Å². The molecule has 0 atom stereocenters. The fourth-order valence-corrected chi connectivity index (χ4v) is 2.23. The second-order valence-electron chi connectivity index (χ2n) is 3.83. The molecular formula is C12H14N4O2S. The first-order chi connectivity index (χ1) is 9.22. The summed E-state index contributed by atoms with van der Waals surface area (Å²) < 4.78 is 4.88. The second kappa shape index (κ2) is 6.35. The van der Waals surface area contributed by atoms with E-state index in [1.54, 1.807) is 26.6 Å². The van der Waals surface area contributed by atoms with Crippen LogP contribution in [0.3, 0.4) is 0 Å². The zero-order valence-corrected chi connectivity index (χ0v) is 11.6. The Morgan fingerprint density at radius 3 is 3.00 bits per heavy atom. The first-order valence-electron chi connectivity index (χ1n) is 5.71. The number of nitrogens with zero attached hydrogens (tertiary/aromatic N) is 4. The highest BCUT2D eigenvalue weighted by molar-refractivity contribution is 7.18. The second-order valence-corrected chi connectivity index (χ2v) is 4.78. The van der Waals surface area contributed by atoms with E-state index < -0.39 is 0 Å². The van der Waals surface area contributed by atoms with Crippen LogP contribution in [-0.4, -0.2) is 41.9 Å². The van der Waals surface area contributed by atoms with E-state index in [0.29, 0.717) is 18.2 Å². The van der Waals surface area contributed by atoms with E-state index in [4.69, 9.17) is 4.74 Å². The summed E-state index contributed by atoms with van der Waals surface area (Å²) in [5.41, 5.74) is 0.893. The predicted molar refractivity (Wildman–Crippen MR) is 73.0 cm³/mol. The van der Waals surface area contributed by atoms with Gasteiger partial charge in [0.05, 0.1) is 13.0 Å². The highest BCUT2D eigenvalue weighted by Crippen LogP contribution is 2.27. The van der Waals surface area contributed by atoms with Crippen molar-refractivity contribution in [1.29, 1.82) is 0 Å². The maximum Gasteiger partial charge on any atom is 0.230 e. The highest BCUT2D eigenvalue weighted by atomic mass is 32.1. The summed E-state index contributed by atoms with van der Waals surface area (Å²) in [6.07, 6.45) is 3.75. The van der Waals surface area contributed by atoms with E-state index >= 15 is 0 Å². The van der Waals surface area contributed by atoms with Gasteiger partial charge in [-0.15, -0.1) is 10.2 Å². The van der Waals surface area contributed by atoms with Crippen LogP contribution in [0.1, 0.15) is 6.42 Å². The third-order valence-corrected chi connectivity index (χ3v) is 3.55. The van der Waals surface area contributed by atoms with Crippen LogP contribution >= 0.6 is 11.3 Å². The molecule has 0 saturated carbocycles. The quantitative estimate of drug-likeness (QED) is 0.831. The molecule has 1 amide bonds. The summed E-state index contributed by atoms with van der Waals surface area (Å²) in [5, 5.41) is 9.41. The van der Waals surface area contributed by atoms with Gasteiger partial charge >= 0.3 is 0 Å². The molecule has 19 heavy (non-hydrogen) atoms. The lowest BCUT2D eigenvalue weighted by Gasteiger charge is -2.12. The monoisotopic (exact) mass is 278 g/mol. The number of ether oxygens (including phenoxy) is 1. The summed E-state index contributed by atoms with van der Waals surface area (Å²) in [5.74, 6) is -0.0456. The van der Waals surface area contributed by atoms with Crippen LogP contribution in [0.5, 0.6) is 0 Å². The van der Waals surface area contributed by atoms with Gasteiger partial charge in [0.25, 0.3) is 0 Å². The van der Waals surface area contributed by atoms with Gasteiger partial charge in [-0.1, -0.05) is 11.3 Å². The Hall–Kier alpha value is -1.86. The van der Waals surface area contributed by atoms with Crippen LogP contribution in [0, 0.1) is 0 Å². The summed E-state index contributed by atoms with van der Waals surface area (Å²) in [6, 6.07) is 3.74. The smallest absolute Gasteiger partial charge is 0.230 e. The average molecular weight is 278 g/mol. The Morgan fingerprint density at radius 1 is 1.47 bits per heavy atom. The van der Waals surface area contributed by atoms with E-state index in [1.807, 2.05) is 12.1 Å². The van der Waals surface area contributed by atoms with Gasteiger partial charge in [0.2, 0.25) is 11.0 Å². The number of pyridine rings is 1. The Bertz CT molecular complexity index is 544. The minimum atomic E-state index is -0.0456. The molecule has 100 valence electrons. The van der Waals surface area contributed by atoms with Crippen LogP contribution in [0.2, 0.25) is 0 Å². The molecule has 2 aromatic rings. The first kappa shape index (κ1) is 13.6. The molecule has 0 aliphatic carbocycles. The minimum Gasteiger partial charge on any atom is -0.384 e. The fraction of sp³-hybridized carbons (Fsp3) is 0.333. The molecule has 0 saturated heterocycles. The van der Waals surface area contributed by atoms with Crippen molar-refractivity contribution in [3.63, 3.8) is 0 Å². The van der Waals surface area contributed by atoms with E-state index in [2.05, 4.69) is 15.2 Å². The lowest BCUT2D eigenvalue weighted by Crippen LogP contribution is -2.26. The van der Waals surface area contributed by atoms with Gasteiger partial charge in [-0.05, 0) is 12.1 Å². The number of rotatable bonds is 5. The van der Waals surface area contributed by atoms with Gasteiger partial charge in [-0.25, -0.2) is 0 Å².